The van der Waals surface area contributed by atoms with Crippen LogP contribution in [0.5, 0.6) is 11.5 Å². The van der Waals surface area contributed by atoms with E-state index in [1.165, 1.54) is 20.3 Å². The predicted molar refractivity (Wildman–Crippen MR) is 87.5 cm³/mol. The fourth-order valence-corrected chi connectivity index (χ4v) is 4.12. The number of sulfonamides is 1. The third-order valence-corrected chi connectivity index (χ3v) is 5.50. The molecule has 2 atom stereocenters. The van der Waals surface area contributed by atoms with E-state index in [1.54, 1.807) is 12.1 Å². The van der Waals surface area contributed by atoms with Crippen LogP contribution in [0.3, 0.4) is 0 Å². The molecule has 1 saturated carbocycles. The van der Waals surface area contributed by atoms with E-state index < -0.39 is 10.0 Å². The van der Waals surface area contributed by atoms with Crippen LogP contribution in [0.2, 0.25) is 0 Å². The van der Waals surface area contributed by atoms with Gasteiger partial charge in [-0.05, 0) is 24.1 Å². The summed E-state index contributed by atoms with van der Waals surface area (Å²) < 4.78 is 38.4. The number of nitrogens with one attached hydrogen (secondary N) is 1. The molecule has 0 amide bonds. The van der Waals surface area contributed by atoms with Gasteiger partial charge in [0.1, 0.15) is 16.4 Å². The van der Waals surface area contributed by atoms with Gasteiger partial charge < -0.3 is 9.47 Å². The minimum Gasteiger partial charge on any atom is -0.497 e. The summed E-state index contributed by atoms with van der Waals surface area (Å²) in [6.07, 6.45) is 0.801. The second-order valence-electron chi connectivity index (χ2n) is 5.50. The molecule has 0 unspecified atom stereocenters. The van der Waals surface area contributed by atoms with E-state index in [1.807, 2.05) is 30.3 Å². The van der Waals surface area contributed by atoms with Gasteiger partial charge in [0.2, 0.25) is 10.0 Å². The minimum atomic E-state index is -3.67. The van der Waals surface area contributed by atoms with E-state index in [9.17, 15) is 8.42 Å². The zero-order valence-electron chi connectivity index (χ0n) is 13.0. The van der Waals surface area contributed by atoms with Gasteiger partial charge in [0.05, 0.1) is 14.2 Å². The standard InChI is InChI=1S/C17H19NO4S/c1-21-13-8-9-16(22-2)17(10-13)23(19,20)18-15-11-14(15)12-6-4-3-5-7-12/h3-10,14-15,18H,11H2,1-2H3/t14-,15+/m0/s1. The van der Waals surface area contributed by atoms with Gasteiger partial charge in [-0.25, -0.2) is 13.1 Å². The fourth-order valence-electron chi connectivity index (χ4n) is 2.65. The van der Waals surface area contributed by atoms with Crippen molar-refractivity contribution in [1.82, 2.24) is 4.72 Å². The Labute approximate surface area is 136 Å². The topological polar surface area (TPSA) is 64.6 Å². The molecule has 0 bridgehead atoms. The molecule has 0 spiro atoms. The average Bonchev–Trinajstić information content (AvgIpc) is 3.33. The third kappa shape index (κ3) is 3.33. The number of rotatable bonds is 6. The molecule has 6 heteroatoms. The van der Waals surface area contributed by atoms with E-state index in [0.29, 0.717) is 11.5 Å². The first kappa shape index (κ1) is 15.8. The maximum atomic E-state index is 12.7. The highest BCUT2D eigenvalue weighted by atomic mass is 32.2. The van der Waals surface area contributed by atoms with E-state index in [0.717, 1.165) is 12.0 Å². The maximum absolute atomic E-state index is 12.7. The summed E-state index contributed by atoms with van der Waals surface area (Å²) in [6, 6.07) is 14.6. The lowest BCUT2D eigenvalue weighted by atomic mass is 10.1. The second kappa shape index (κ2) is 6.22. The van der Waals surface area contributed by atoms with Gasteiger partial charge in [-0.1, -0.05) is 30.3 Å². The summed E-state index contributed by atoms with van der Waals surface area (Å²) in [5, 5.41) is 0. The van der Waals surface area contributed by atoms with Crippen molar-refractivity contribution in [3.05, 3.63) is 54.1 Å². The molecule has 1 aliphatic rings. The molecule has 1 aliphatic carbocycles. The molecular formula is C17H19NO4S. The van der Waals surface area contributed by atoms with Crippen molar-refractivity contribution in [2.24, 2.45) is 0 Å². The van der Waals surface area contributed by atoms with Crippen molar-refractivity contribution in [1.29, 1.82) is 0 Å². The minimum absolute atomic E-state index is 0.0849. The zero-order chi connectivity index (χ0) is 16.4. The monoisotopic (exact) mass is 333 g/mol. The Morgan fingerprint density at radius 2 is 1.78 bits per heavy atom. The highest BCUT2D eigenvalue weighted by molar-refractivity contribution is 7.89. The molecule has 1 N–H and O–H groups in total. The number of methoxy groups -OCH3 is 2. The Morgan fingerprint density at radius 1 is 1.04 bits per heavy atom. The highest BCUT2D eigenvalue weighted by Gasteiger charge is 2.41. The Morgan fingerprint density at radius 3 is 2.43 bits per heavy atom. The molecule has 3 rings (SSSR count). The zero-order valence-corrected chi connectivity index (χ0v) is 13.8. The van der Waals surface area contributed by atoms with Gasteiger partial charge in [0, 0.05) is 18.0 Å². The van der Waals surface area contributed by atoms with Crippen molar-refractivity contribution in [2.45, 2.75) is 23.3 Å². The molecule has 5 nitrogen and oxygen atoms in total. The van der Waals surface area contributed by atoms with Crippen molar-refractivity contribution in [2.75, 3.05) is 14.2 Å². The van der Waals surface area contributed by atoms with Crippen LogP contribution < -0.4 is 14.2 Å². The summed E-state index contributed by atoms with van der Waals surface area (Å²) in [4.78, 5) is 0.0954. The summed E-state index contributed by atoms with van der Waals surface area (Å²) in [5.41, 5.74) is 1.15. The molecule has 122 valence electrons. The lowest BCUT2D eigenvalue weighted by Crippen LogP contribution is -2.27. The molecular weight excluding hydrogens is 314 g/mol. The lowest BCUT2D eigenvalue weighted by Gasteiger charge is -2.12. The van der Waals surface area contributed by atoms with Gasteiger partial charge >= 0.3 is 0 Å². The summed E-state index contributed by atoms with van der Waals surface area (Å²) in [6.45, 7) is 0. The number of hydrogen-bond acceptors (Lipinski definition) is 4. The van der Waals surface area contributed by atoms with E-state index >= 15 is 0 Å². The smallest absolute Gasteiger partial charge is 0.244 e. The quantitative estimate of drug-likeness (QED) is 0.882. The molecule has 23 heavy (non-hydrogen) atoms. The van der Waals surface area contributed by atoms with Crippen molar-refractivity contribution in [3.8, 4) is 11.5 Å². The number of hydrogen-bond donors (Lipinski definition) is 1. The number of benzene rings is 2. The van der Waals surface area contributed by atoms with Gasteiger partial charge in [-0.3, -0.25) is 0 Å². The largest absolute Gasteiger partial charge is 0.497 e. The Balaban J connectivity index is 1.81. The molecule has 0 radical (unpaired) electrons. The molecule has 0 aromatic heterocycles. The molecule has 0 aliphatic heterocycles. The van der Waals surface area contributed by atoms with Crippen molar-refractivity contribution in [3.63, 3.8) is 0 Å². The fraction of sp³-hybridized carbons (Fsp3) is 0.294. The van der Waals surface area contributed by atoms with Crippen molar-refractivity contribution >= 4 is 10.0 Å². The van der Waals surface area contributed by atoms with Crippen molar-refractivity contribution < 1.29 is 17.9 Å². The third-order valence-electron chi connectivity index (χ3n) is 3.98. The molecule has 2 aromatic rings. The van der Waals surface area contributed by atoms with E-state index in [2.05, 4.69) is 4.72 Å². The molecule has 1 fully saturated rings. The molecule has 0 heterocycles. The number of ether oxygens (including phenoxy) is 2. The predicted octanol–water partition coefficient (Wildman–Crippen LogP) is 2.54. The Kier molecular flexibility index (Phi) is 4.28. The van der Waals surface area contributed by atoms with Crippen LogP contribution in [0.25, 0.3) is 0 Å². The normalized spacial score (nSPS) is 20.1. The summed E-state index contributed by atoms with van der Waals surface area (Å²) in [7, 11) is -0.721. The first-order valence-electron chi connectivity index (χ1n) is 7.34. The SMILES string of the molecule is COc1ccc(OC)c(S(=O)(=O)N[C@@H]2C[C@H]2c2ccccc2)c1. The van der Waals surface area contributed by atoms with Crippen LogP contribution >= 0.6 is 0 Å². The molecule has 0 saturated heterocycles. The van der Waals surface area contributed by atoms with Crippen LogP contribution in [0.4, 0.5) is 0 Å². The van der Waals surface area contributed by atoms with E-state index in [-0.39, 0.29) is 16.9 Å². The van der Waals surface area contributed by atoms with Crippen LogP contribution in [-0.4, -0.2) is 28.7 Å². The van der Waals surface area contributed by atoms with Crippen LogP contribution in [-0.2, 0) is 10.0 Å². The van der Waals surface area contributed by atoms with Gasteiger partial charge in [0.25, 0.3) is 0 Å². The summed E-state index contributed by atoms with van der Waals surface area (Å²) >= 11 is 0. The maximum Gasteiger partial charge on any atom is 0.244 e. The van der Waals surface area contributed by atoms with Gasteiger partial charge in [-0.15, -0.1) is 0 Å². The van der Waals surface area contributed by atoms with Gasteiger partial charge in [-0.2, -0.15) is 0 Å². The highest BCUT2D eigenvalue weighted by Crippen LogP contribution is 2.42. The van der Waals surface area contributed by atoms with Crippen LogP contribution in [0.15, 0.2) is 53.4 Å². The Bertz CT molecular complexity index is 789. The first-order chi connectivity index (χ1) is 11.0. The first-order valence-corrected chi connectivity index (χ1v) is 8.83. The van der Waals surface area contributed by atoms with Gasteiger partial charge in [0.15, 0.2) is 0 Å². The van der Waals surface area contributed by atoms with Crippen LogP contribution in [0.1, 0.15) is 17.9 Å². The molecule has 2 aromatic carbocycles. The van der Waals surface area contributed by atoms with E-state index in [4.69, 9.17) is 9.47 Å². The second-order valence-corrected chi connectivity index (χ2v) is 7.18. The van der Waals surface area contributed by atoms with Crippen LogP contribution in [0, 0.1) is 0 Å². The Hall–Kier alpha value is -2.05. The summed E-state index contributed by atoms with van der Waals surface area (Å²) in [5.74, 6) is 0.999. The average molecular weight is 333 g/mol. The lowest BCUT2D eigenvalue weighted by molar-refractivity contribution is 0.392.